The Hall–Kier alpha value is -1.55. The molecule has 0 unspecified atom stereocenters. The van der Waals surface area contributed by atoms with E-state index in [1.54, 1.807) is 30.3 Å². The summed E-state index contributed by atoms with van der Waals surface area (Å²) in [5, 5.41) is 0. The van der Waals surface area contributed by atoms with E-state index >= 15 is 0 Å². The molecule has 4 heteroatoms. The topological polar surface area (TPSA) is 35.2 Å². The van der Waals surface area contributed by atoms with Gasteiger partial charge in [-0.2, -0.15) is 0 Å². The molecule has 0 amide bonds. The minimum atomic E-state index is -0.286. The normalized spacial score (nSPS) is 10.1. The van der Waals surface area contributed by atoms with E-state index in [1.807, 2.05) is 0 Å². The lowest BCUT2D eigenvalue weighted by atomic mass is 10.3. The summed E-state index contributed by atoms with van der Waals surface area (Å²) in [6, 6.07) is 11.1. The molecule has 0 spiro atoms. The molecule has 2 aromatic carbocycles. The Morgan fingerprint density at radius 2 is 1.62 bits per heavy atom. The third kappa shape index (κ3) is 2.52. The average molecular weight is 282 g/mol. The zero-order valence-electron chi connectivity index (χ0n) is 8.28. The molecule has 16 heavy (non-hydrogen) atoms. The van der Waals surface area contributed by atoms with Crippen molar-refractivity contribution < 1.29 is 9.13 Å². The van der Waals surface area contributed by atoms with Crippen LogP contribution in [0.15, 0.2) is 46.9 Å². The van der Waals surface area contributed by atoms with E-state index in [4.69, 9.17) is 10.5 Å². The van der Waals surface area contributed by atoms with E-state index in [9.17, 15) is 4.39 Å². The van der Waals surface area contributed by atoms with Crippen LogP contribution in [0.5, 0.6) is 11.5 Å². The molecule has 0 atom stereocenters. The highest BCUT2D eigenvalue weighted by atomic mass is 79.9. The van der Waals surface area contributed by atoms with Crippen LogP contribution in [0.2, 0.25) is 0 Å². The first-order valence-corrected chi connectivity index (χ1v) is 5.43. The fraction of sp³-hybridized carbons (Fsp3) is 0. The second-order valence-corrected chi connectivity index (χ2v) is 4.09. The molecule has 0 saturated heterocycles. The molecule has 2 rings (SSSR count). The molecule has 0 aliphatic rings. The van der Waals surface area contributed by atoms with Gasteiger partial charge in [0.15, 0.2) is 0 Å². The summed E-state index contributed by atoms with van der Waals surface area (Å²) in [5.74, 6) is 0.941. The lowest BCUT2D eigenvalue weighted by molar-refractivity contribution is 0.480. The Morgan fingerprint density at radius 1 is 1.00 bits per heavy atom. The molecule has 0 saturated carbocycles. The summed E-state index contributed by atoms with van der Waals surface area (Å²) in [7, 11) is 0. The number of halogens is 2. The van der Waals surface area contributed by atoms with Crippen molar-refractivity contribution in [2.45, 2.75) is 0 Å². The van der Waals surface area contributed by atoms with Crippen molar-refractivity contribution in [3.05, 3.63) is 52.8 Å². The van der Waals surface area contributed by atoms with Crippen molar-refractivity contribution in [2.75, 3.05) is 5.73 Å². The molecular weight excluding hydrogens is 273 g/mol. The molecule has 2 aromatic rings. The fourth-order valence-corrected chi connectivity index (χ4v) is 1.57. The fourth-order valence-electron chi connectivity index (χ4n) is 1.21. The third-order valence-electron chi connectivity index (χ3n) is 2.02. The number of hydrogen-bond donors (Lipinski definition) is 1. The lowest BCUT2D eigenvalue weighted by Crippen LogP contribution is -1.88. The van der Waals surface area contributed by atoms with Gasteiger partial charge in [-0.05, 0) is 58.4 Å². The molecule has 82 valence electrons. The highest BCUT2D eigenvalue weighted by molar-refractivity contribution is 9.10. The Labute approximate surface area is 101 Å². The predicted octanol–water partition coefficient (Wildman–Crippen LogP) is 3.96. The summed E-state index contributed by atoms with van der Waals surface area (Å²) in [4.78, 5) is 0. The Morgan fingerprint density at radius 3 is 2.25 bits per heavy atom. The van der Waals surface area contributed by atoms with Gasteiger partial charge in [0, 0.05) is 10.2 Å². The van der Waals surface area contributed by atoms with E-state index in [1.165, 1.54) is 12.1 Å². The molecule has 0 aromatic heterocycles. The van der Waals surface area contributed by atoms with E-state index < -0.39 is 0 Å². The van der Waals surface area contributed by atoms with E-state index in [-0.39, 0.29) is 5.82 Å². The minimum absolute atomic E-state index is 0.286. The largest absolute Gasteiger partial charge is 0.457 e. The van der Waals surface area contributed by atoms with Crippen LogP contribution < -0.4 is 10.5 Å². The van der Waals surface area contributed by atoms with Crippen molar-refractivity contribution in [1.29, 1.82) is 0 Å². The van der Waals surface area contributed by atoms with Gasteiger partial charge in [0.1, 0.15) is 17.3 Å². The number of anilines is 1. The molecule has 0 heterocycles. The summed E-state index contributed by atoms with van der Waals surface area (Å²) in [6.07, 6.45) is 0. The minimum Gasteiger partial charge on any atom is -0.457 e. The molecule has 0 aliphatic heterocycles. The van der Waals surface area contributed by atoms with Gasteiger partial charge in [0.25, 0.3) is 0 Å². The van der Waals surface area contributed by atoms with Gasteiger partial charge in [-0.3, -0.25) is 0 Å². The van der Waals surface area contributed by atoms with E-state index in [0.717, 1.165) is 4.47 Å². The van der Waals surface area contributed by atoms with Gasteiger partial charge in [-0.15, -0.1) is 0 Å². The van der Waals surface area contributed by atoms with Gasteiger partial charge in [-0.25, -0.2) is 4.39 Å². The number of nitrogen functional groups attached to an aromatic ring is 1. The van der Waals surface area contributed by atoms with Crippen LogP contribution in [-0.2, 0) is 0 Å². The second kappa shape index (κ2) is 4.53. The maximum atomic E-state index is 12.7. The predicted molar refractivity (Wildman–Crippen MR) is 65.0 cm³/mol. The first-order valence-electron chi connectivity index (χ1n) is 4.63. The maximum absolute atomic E-state index is 12.7. The van der Waals surface area contributed by atoms with Crippen LogP contribution in [0.4, 0.5) is 10.1 Å². The molecule has 0 bridgehead atoms. The lowest BCUT2D eigenvalue weighted by Gasteiger charge is -2.06. The first-order chi connectivity index (χ1) is 7.65. The quantitative estimate of drug-likeness (QED) is 0.846. The highest BCUT2D eigenvalue weighted by Gasteiger charge is 2.00. The Bertz CT molecular complexity index is 499. The number of rotatable bonds is 2. The number of nitrogens with two attached hydrogens (primary N) is 1. The zero-order chi connectivity index (χ0) is 11.5. The number of ether oxygens (including phenoxy) is 1. The van der Waals surface area contributed by atoms with Crippen LogP contribution in [0, 0.1) is 5.82 Å². The summed E-state index contributed by atoms with van der Waals surface area (Å²) < 4.78 is 19.0. The summed E-state index contributed by atoms with van der Waals surface area (Å²) >= 11 is 3.31. The monoisotopic (exact) mass is 281 g/mol. The summed E-state index contributed by atoms with van der Waals surface area (Å²) in [5.41, 5.74) is 6.29. The molecule has 0 radical (unpaired) electrons. The van der Waals surface area contributed by atoms with Crippen molar-refractivity contribution in [3.8, 4) is 11.5 Å². The highest BCUT2D eigenvalue weighted by Crippen LogP contribution is 2.28. The van der Waals surface area contributed by atoms with E-state index in [0.29, 0.717) is 17.2 Å². The van der Waals surface area contributed by atoms with Crippen LogP contribution in [0.3, 0.4) is 0 Å². The first kappa shape index (κ1) is 11.0. The van der Waals surface area contributed by atoms with Crippen LogP contribution in [0.1, 0.15) is 0 Å². The Balaban J connectivity index is 2.20. The molecule has 0 aliphatic carbocycles. The van der Waals surface area contributed by atoms with Gasteiger partial charge in [0.2, 0.25) is 0 Å². The average Bonchev–Trinajstić information content (AvgIpc) is 2.27. The van der Waals surface area contributed by atoms with Crippen LogP contribution in [0.25, 0.3) is 0 Å². The molecular formula is C12H9BrFNO. The van der Waals surface area contributed by atoms with Gasteiger partial charge >= 0.3 is 0 Å². The van der Waals surface area contributed by atoms with Crippen molar-refractivity contribution in [1.82, 2.24) is 0 Å². The van der Waals surface area contributed by atoms with Gasteiger partial charge in [0.05, 0.1) is 0 Å². The maximum Gasteiger partial charge on any atom is 0.128 e. The Kier molecular flexibility index (Phi) is 3.10. The molecule has 2 N–H and O–H groups in total. The molecule has 2 nitrogen and oxygen atoms in total. The van der Waals surface area contributed by atoms with E-state index in [2.05, 4.69) is 15.9 Å². The van der Waals surface area contributed by atoms with Gasteiger partial charge in [-0.1, -0.05) is 0 Å². The standard InChI is InChI=1S/C12H9BrFNO/c13-11-7-10(5-6-12(11)15)16-9-3-1-8(14)2-4-9/h1-7H,15H2. The van der Waals surface area contributed by atoms with Gasteiger partial charge < -0.3 is 10.5 Å². The number of hydrogen-bond acceptors (Lipinski definition) is 2. The smallest absolute Gasteiger partial charge is 0.128 e. The SMILES string of the molecule is Nc1ccc(Oc2ccc(F)cc2)cc1Br. The van der Waals surface area contributed by atoms with Crippen LogP contribution in [-0.4, -0.2) is 0 Å². The van der Waals surface area contributed by atoms with Crippen LogP contribution >= 0.6 is 15.9 Å². The number of benzene rings is 2. The third-order valence-corrected chi connectivity index (χ3v) is 2.71. The van der Waals surface area contributed by atoms with Crippen molar-refractivity contribution in [2.24, 2.45) is 0 Å². The molecule has 0 fully saturated rings. The van der Waals surface area contributed by atoms with Crippen molar-refractivity contribution >= 4 is 21.6 Å². The van der Waals surface area contributed by atoms with Crippen molar-refractivity contribution in [3.63, 3.8) is 0 Å². The zero-order valence-corrected chi connectivity index (χ0v) is 9.87. The second-order valence-electron chi connectivity index (χ2n) is 3.24. The summed E-state index contributed by atoms with van der Waals surface area (Å²) in [6.45, 7) is 0.